The standard InChI is InChI=1S/C56H36BF48O8.Li/c1-106-33(41(58,59)60,42(61,62)63)21-9-22(34(107-2,43(64,65)66)44(67,68)69)14-29(13-21)57(30-15-23(35(108-3,45(70,71)72)46(73,74)75)10-24(16-30)36(109-4,47(76,77)78)48(79,80)81,31-17-25(37(110-5,49(82,83)84)50(85,86)87)11-26(18-31)38(111-6,51(88,89)90)52(91,92)93)32-19-27(39(112-7,53(94,95)96)54(97,98)99)12-28(20-32)40(113-8,55(100,101)102)56(103,104)105;/h9-20H,1-8H3;/q-1;+1. The quantitative estimate of drug-likeness (QED) is 0.0640. The summed E-state index contributed by atoms with van der Waals surface area (Å²) in [5.74, 6) is 0. The van der Waals surface area contributed by atoms with Crippen LogP contribution in [0.25, 0.3) is 0 Å². The van der Waals surface area contributed by atoms with E-state index in [1.54, 1.807) is 0 Å². The molecule has 0 aliphatic heterocycles. The number of alkyl halides is 48. The van der Waals surface area contributed by atoms with E-state index in [1.165, 1.54) is 0 Å². The second-order valence-corrected chi connectivity index (χ2v) is 23.3. The second-order valence-electron chi connectivity index (χ2n) is 23.3. The molecule has 0 radical (unpaired) electrons. The summed E-state index contributed by atoms with van der Waals surface area (Å²) in [6.45, 7) is 0. The van der Waals surface area contributed by atoms with E-state index in [1.807, 2.05) is 0 Å². The Balaban J connectivity index is 0.0000336. The van der Waals surface area contributed by atoms with E-state index < -0.39 is 346 Å². The molecular formula is C56H36BF48LiO8. The van der Waals surface area contributed by atoms with Gasteiger partial charge in [-0.2, -0.15) is 233 Å². The smallest absolute Gasteiger partial charge is 0.357 e. The topological polar surface area (TPSA) is 73.8 Å². The first kappa shape index (κ1) is 102. The minimum atomic E-state index is -8.82. The number of rotatable bonds is 20. The normalized spacial score (nSPS) is 15.6. The maximum Gasteiger partial charge on any atom is 1.00 e. The van der Waals surface area contributed by atoms with Gasteiger partial charge in [-0.25, -0.2) is 0 Å². The number of benzene rings is 4. The van der Waals surface area contributed by atoms with Crippen LogP contribution < -0.4 is 40.7 Å². The predicted octanol–water partition coefficient (Wildman–Crippen LogP) is 15.8. The van der Waals surface area contributed by atoms with Crippen LogP contribution in [0.1, 0.15) is 44.5 Å². The van der Waals surface area contributed by atoms with Gasteiger partial charge in [-0.1, -0.05) is 48.5 Å². The minimum Gasteiger partial charge on any atom is -0.357 e. The van der Waals surface area contributed by atoms with Gasteiger partial charge in [0, 0.05) is 56.9 Å². The summed E-state index contributed by atoms with van der Waals surface area (Å²) >= 11 is 0. The number of hydrogen-bond donors (Lipinski definition) is 0. The van der Waals surface area contributed by atoms with Crippen molar-refractivity contribution < 1.29 is 267 Å². The van der Waals surface area contributed by atoms with E-state index in [2.05, 4.69) is 37.9 Å². The third-order valence-electron chi connectivity index (χ3n) is 17.9. The molecule has 4 aromatic rings. The number of methoxy groups -OCH3 is 8. The van der Waals surface area contributed by atoms with Crippen molar-refractivity contribution in [1.82, 2.24) is 0 Å². The summed E-state index contributed by atoms with van der Waals surface area (Å²) in [5, 5.41) is 0. The van der Waals surface area contributed by atoms with Crippen molar-refractivity contribution in [3.8, 4) is 0 Å². The fourth-order valence-corrected chi connectivity index (χ4v) is 13.1. The third-order valence-corrected chi connectivity index (χ3v) is 17.9. The van der Waals surface area contributed by atoms with Crippen LogP contribution in [0.2, 0.25) is 0 Å². The number of ether oxygens (including phenoxy) is 8. The van der Waals surface area contributed by atoms with Crippen LogP contribution in [0.4, 0.5) is 211 Å². The van der Waals surface area contributed by atoms with E-state index in [-0.39, 0.29) is 18.9 Å². The van der Waals surface area contributed by atoms with Crippen molar-refractivity contribution in [1.29, 1.82) is 0 Å². The van der Waals surface area contributed by atoms with Gasteiger partial charge < -0.3 is 37.9 Å². The zero-order chi connectivity index (χ0) is 89.6. The van der Waals surface area contributed by atoms with Crippen LogP contribution in [-0.4, -0.2) is 162 Å². The Morgan fingerprint density at radius 2 is 0.219 bits per heavy atom. The molecular weight excluding hydrogens is 1730 g/mol. The van der Waals surface area contributed by atoms with Gasteiger partial charge in [0.25, 0.3) is 44.8 Å². The van der Waals surface area contributed by atoms with Gasteiger partial charge in [0.1, 0.15) is 6.15 Å². The summed E-state index contributed by atoms with van der Waals surface area (Å²) in [7, 11) is -9.70. The van der Waals surface area contributed by atoms with Crippen molar-refractivity contribution in [3.63, 3.8) is 0 Å². The summed E-state index contributed by atoms with van der Waals surface area (Å²) < 4.78 is 792. The molecule has 0 spiro atoms. The first-order valence-corrected chi connectivity index (χ1v) is 28.1. The van der Waals surface area contributed by atoms with Gasteiger partial charge >= 0.3 is 118 Å². The molecule has 0 saturated carbocycles. The summed E-state index contributed by atoms with van der Waals surface area (Å²) in [6.07, 6.45) is -141. The fraction of sp³-hybridized carbons (Fsp3) is 0.571. The summed E-state index contributed by atoms with van der Waals surface area (Å²) in [4.78, 5) is 0. The molecule has 0 amide bonds. The SMILES string of the molecule is COC(c1cc([B-](c2cc(C(OC)(C(F)(F)F)C(F)(F)F)cc(C(OC)(C(F)(F)F)C(F)(F)F)c2)(c2cc(C(OC)(C(F)(F)F)C(F)(F)F)cc(C(OC)(C(F)(F)F)C(F)(F)F)c2)c2cc(C(OC)(C(F)(F)F)C(F)(F)F)cc(C(OC)(C(F)(F)F)C(F)(F)F)c2)cc(C(OC)(C(F)(F)F)C(F)(F)F)c1)(C(F)(F)F)C(F)(F)F.[Li+]. The van der Waals surface area contributed by atoms with E-state index in [9.17, 15) is 0 Å². The molecule has 648 valence electrons. The van der Waals surface area contributed by atoms with Crippen LogP contribution in [0.15, 0.2) is 72.8 Å². The van der Waals surface area contributed by atoms with Crippen LogP contribution >= 0.6 is 0 Å². The Hall–Kier alpha value is -6.14. The molecule has 0 saturated heterocycles. The molecule has 4 aromatic carbocycles. The van der Waals surface area contributed by atoms with Gasteiger partial charge in [-0.15, -0.1) is 0 Å². The molecule has 0 bridgehead atoms. The monoisotopic (exact) mass is 1770 g/mol. The molecule has 4 rings (SSSR count). The number of hydrogen-bond acceptors (Lipinski definition) is 8. The van der Waals surface area contributed by atoms with Crippen LogP contribution in [0.5, 0.6) is 0 Å². The van der Waals surface area contributed by atoms with Crippen molar-refractivity contribution in [2.75, 3.05) is 56.9 Å². The summed E-state index contributed by atoms with van der Waals surface area (Å²) in [5.41, 5.74) is -112. The maximum atomic E-state index is 15.9. The molecule has 0 atom stereocenters. The van der Waals surface area contributed by atoms with Crippen molar-refractivity contribution >= 4 is 28.0 Å². The Morgan fingerprint density at radius 1 is 0.149 bits per heavy atom. The third kappa shape index (κ3) is 14.7. The average molecular weight is 1770 g/mol. The van der Waals surface area contributed by atoms with E-state index in [4.69, 9.17) is 0 Å². The van der Waals surface area contributed by atoms with Crippen LogP contribution in [0.3, 0.4) is 0 Å². The first-order chi connectivity index (χ1) is 49.7. The molecule has 0 heterocycles. The zero-order valence-corrected chi connectivity index (χ0v) is 55.9. The first-order valence-electron chi connectivity index (χ1n) is 28.1. The van der Waals surface area contributed by atoms with Crippen LogP contribution in [0, 0.1) is 0 Å². The molecule has 0 aliphatic rings. The minimum absolute atomic E-state index is 0. The molecule has 58 heteroatoms. The Morgan fingerprint density at radius 3 is 0.272 bits per heavy atom. The molecule has 8 nitrogen and oxygen atoms in total. The molecule has 0 fully saturated rings. The molecule has 114 heavy (non-hydrogen) atoms. The predicted molar refractivity (Wildman–Crippen MR) is 276 cm³/mol. The van der Waals surface area contributed by atoms with Gasteiger partial charge in [0.05, 0.1) is 0 Å². The molecule has 0 aromatic heterocycles. The molecule has 0 unspecified atom stereocenters. The van der Waals surface area contributed by atoms with Gasteiger partial charge in [-0.3, -0.25) is 0 Å². The fourth-order valence-electron chi connectivity index (χ4n) is 13.1. The van der Waals surface area contributed by atoms with Crippen LogP contribution in [-0.2, 0) is 82.7 Å². The molecule has 0 N–H and O–H groups in total. The van der Waals surface area contributed by atoms with E-state index in [0.29, 0.717) is 0 Å². The average Bonchev–Trinajstić information content (AvgIpc) is 0.677. The van der Waals surface area contributed by atoms with Crippen molar-refractivity contribution in [3.05, 3.63) is 117 Å². The number of halogens is 48. The van der Waals surface area contributed by atoms with E-state index in [0.717, 1.165) is 0 Å². The zero-order valence-electron chi connectivity index (χ0n) is 55.9. The Labute approximate surface area is 612 Å². The van der Waals surface area contributed by atoms with E-state index >= 15 is 211 Å². The van der Waals surface area contributed by atoms with Gasteiger partial charge in [0.15, 0.2) is 0 Å². The Kier molecular flexibility index (Phi) is 26.8. The second kappa shape index (κ2) is 30.0. The van der Waals surface area contributed by atoms with Gasteiger partial charge in [-0.05, 0) is 68.8 Å². The summed E-state index contributed by atoms with van der Waals surface area (Å²) in [6, 6.07) is -26.4. The van der Waals surface area contributed by atoms with Crippen molar-refractivity contribution in [2.45, 2.75) is 144 Å². The largest absolute Gasteiger partial charge is 1.00 e. The Bertz CT molecular complexity index is 3170. The maximum absolute atomic E-state index is 15.9. The van der Waals surface area contributed by atoms with Crippen molar-refractivity contribution in [2.24, 2.45) is 0 Å². The molecule has 0 aliphatic carbocycles. The van der Waals surface area contributed by atoms with Gasteiger partial charge in [0.2, 0.25) is 0 Å².